The highest BCUT2D eigenvalue weighted by Gasteiger charge is 2.39. The van der Waals surface area contributed by atoms with Crippen LogP contribution in [0.25, 0.3) is 0 Å². The van der Waals surface area contributed by atoms with Crippen LogP contribution in [0.4, 0.5) is 0 Å². The molecule has 1 fully saturated rings. The van der Waals surface area contributed by atoms with Crippen molar-refractivity contribution in [2.24, 2.45) is 5.92 Å². The quantitative estimate of drug-likeness (QED) is 0.298. The third kappa shape index (κ3) is 7.97. The lowest BCUT2D eigenvalue weighted by Gasteiger charge is -2.36. The summed E-state index contributed by atoms with van der Waals surface area (Å²) in [6, 6.07) is 0. The maximum atomic E-state index is 5.76. The van der Waals surface area contributed by atoms with Gasteiger partial charge in [0.05, 0.1) is 6.10 Å². The summed E-state index contributed by atoms with van der Waals surface area (Å²) in [5, 5.41) is 0. The minimum atomic E-state index is -0.914. The van der Waals surface area contributed by atoms with E-state index in [9.17, 15) is 0 Å². The van der Waals surface area contributed by atoms with E-state index in [-0.39, 0.29) is 5.92 Å². The highest BCUT2D eigenvalue weighted by atomic mass is 16.9. The van der Waals surface area contributed by atoms with Crippen LogP contribution in [0.2, 0.25) is 0 Å². The van der Waals surface area contributed by atoms with Crippen molar-refractivity contribution >= 4 is 0 Å². The molecular weight excluding hydrogens is 292 g/mol. The average Bonchev–Trinajstić information content (AvgIpc) is 3.40. The Bertz CT molecular complexity index is 266. The molecule has 0 spiro atoms. The molecule has 1 rings (SSSR count). The summed E-state index contributed by atoms with van der Waals surface area (Å²) in [7, 11) is 5.01. The highest BCUT2D eigenvalue weighted by molar-refractivity contribution is 4.74. The molecule has 0 N–H and O–H groups in total. The van der Waals surface area contributed by atoms with Crippen LogP contribution in [-0.2, 0) is 18.9 Å². The average molecular weight is 331 g/mol. The zero-order chi connectivity index (χ0) is 17.0. The van der Waals surface area contributed by atoms with Gasteiger partial charge in [-0.1, -0.05) is 45.4 Å². The second-order valence-corrected chi connectivity index (χ2v) is 6.68. The molecule has 0 aromatic carbocycles. The molecule has 0 aromatic rings. The normalized spacial score (nSPS) is 16.7. The summed E-state index contributed by atoms with van der Waals surface area (Å²) in [5.74, 6) is -0.667. The topological polar surface area (TPSA) is 36.9 Å². The maximum Gasteiger partial charge on any atom is 0.285 e. The molecule has 1 atom stereocenters. The fraction of sp³-hybridized carbons (Fsp3) is 1.00. The van der Waals surface area contributed by atoms with Gasteiger partial charge >= 0.3 is 0 Å². The molecule has 23 heavy (non-hydrogen) atoms. The van der Waals surface area contributed by atoms with Crippen molar-refractivity contribution in [2.45, 2.75) is 89.6 Å². The van der Waals surface area contributed by atoms with Gasteiger partial charge < -0.3 is 18.9 Å². The van der Waals surface area contributed by atoms with E-state index in [1.807, 2.05) is 0 Å². The monoisotopic (exact) mass is 330 g/mol. The maximum absolute atomic E-state index is 5.76. The molecule has 4 heteroatoms. The predicted octanol–water partition coefficient (Wildman–Crippen LogP) is 4.91. The molecule has 138 valence electrons. The van der Waals surface area contributed by atoms with Gasteiger partial charge in [-0.05, 0) is 32.1 Å². The molecule has 0 saturated heterocycles. The first-order valence-electron chi connectivity index (χ1n) is 9.49. The van der Waals surface area contributed by atoms with Crippen LogP contribution in [0.1, 0.15) is 77.6 Å². The Morgan fingerprint density at radius 2 is 1.39 bits per heavy atom. The lowest BCUT2D eigenvalue weighted by molar-refractivity contribution is -0.380. The number of hydrogen-bond acceptors (Lipinski definition) is 4. The lowest BCUT2D eigenvalue weighted by atomic mass is 9.93. The van der Waals surface area contributed by atoms with Gasteiger partial charge in [0.2, 0.25) is 0 Å². The summed E-state index contributed by atoms with van der Waals surface area (Å²) < 4.78 is 22.6. The summed E-state index contributed by atoms with van der Waals surface area (Å²) in [5.41, 5.74) is 0. The largest absolute Gasteiger partial charge is 0.378 e. The van der Waals surface area contributed by atoms with E-state index < -0.39 is 5.97 Å². The lowest BCUT2D eigenvalue weighted by Crippen LogP contribution is -2.44. The Labute approximate surface area is 143 Å². The first-order valence-corrected chi connectivity index (χ1v) is 9.49. The Balaban J connectivity index is 2.35. The molecule has 0 aliphatic heterocycles. The third-order valence-electron chi connectivity index (χ3n) is 4.83. The fourth-order valence-corrected chi connectivity index (χ4v) is 3.23. The minimum Gasteiger partial charge on any atom is -0.378 e. The highest BCUT2D eigenvalue weighted by Crippen LogP contribution is 2.33. The molecule has 1 aliphatic rings. The Kier molecular flexibility index (Phi) is 11.1. The smallest absolute Gasteiger partial charge is 0.285 e. The van der Waals surface area contributed by atoms with Gasteiger partial charge in [0, 0.05) is 33.9 Å². The summed E-state index contributed by atoms with van der Waals surface area (Å²) >= 11 is 0. The van der Waals surface area contributed by atoms with Crippen LogP contribution >= 0.6 is 0 Å². The Morgan fingerprint density at radius 1 is 0.826 bits per heavy atom. The fourth-order valence-electron chi connectivity index (χ4n) is 3.23. The van der Waals surface area contributed by atoms with E-state index in [1.165, 1.54) is 51.4 Å². The van der Waals surface area contributed by atoms with E-state index in [0.717, 1.165) is 25.9 Å². The molecule has 1 saturated carbocycles. The van der Waals surface area contributed by atoms with Crippen LogP contribution < -0.4 is 0 Å². The van der Waals surface area contributed by atoms with E-state index >= 15 is 0 Å². The first kappa shape index (κ1) is 20.9. The van der Waals surface area contributed by atoms with E-state index in [0.29, 0.717) is 6.10 Å². The van der Waals surface area contributed by atoms with Crippen LogP contribution in [0.3, 0.4) is 0 Å². The van der Waals surface area contributed by atoms with Gasteiger partial charge in [-0.2, -0.15) is 0 Å². The second kappa shape index (κ2) is 12.2. The van der Waals surface area contributed by atoms with E-state index in [1.54, 1.807) is 21.3 Å². The van der Waals surface area contributed by atoms with Gasteiger partial charge in [-0.3, -0.25) is 0 Å². The van der Waals surface area contributed by atoms with Gasteiger partial charge in [0.15, 0.2) is 0 Å². The molecule has 0 amide bonds. The number of methoxy groups -OCH3 is 3. The zero-order valence-corrected chi connectivity index (χ0v) is 15.8. The van der Waals surface area contributed by atoms with Crippen molar-refractivity contribution in [3.05, 3.63) is 0 Å². The first-order chi connectivity index (χ1) is 11.2. The van der Waals surface area contributed by atoms with Crippen molar-refractivity contribution in [3.63, 3.8) is 0 Å². The van der Waals surface area contributed by atoms with Crippen molar-refractivity contribution in [1.82, 2.24) is 0 Å². The van der Waals surface area contributed by atoms with Crippen molar-refractivity contribution in [3.8, 4) is 0 Å². The molecule has 0 radical (unpaired) electrons. The minimum absolute atomic E-state index is 0.247. The van der Waals surface area contributed by atoms with Crippen molar-refractivity contribution < 1.29 is 18.9 Å². The third-order valence-corrected chi connectivity index (χ3v) is 4.83. The number of hydrogen-bond donors (Lipinski definition) is 0. The number of unbranched alkanes of at least 4 members (excludes halogenated alkanes) is 5. The molecule has 0 heterocycles. The van der Waals surface area contributed by atoms with E-state index in [2.05, 4.69) is 6.92 Å². The summed E-state index contributed by atoms with van der Waals surface area (Å²) in [6.45, 7) is 3.09. The van der Waals surface area contributed by atoms with Crippen molar-refractivity contribution in [1.29, 1.82) is 0 Å². The van der Waals surface area contributed by atoms with Crippen LogP contribution in [0.5, 0.6) is 0 Å². The number of ether oxygens (including phenoxy) is 4. The van der Waals surface area contributed by atoms with E-state index in [4.69, 9.17) is 18.9 Å². The molecule has 0 bridgehead atoms. The molecule has 0 aromatic heterocycles. The molecule has 1 unspecified atom stereocenters. The van der Waals surface area contributed by atoms with Crippen LogP contribution in [0.15, 0.2) is 0 Å². The summed E-state index contributed by atoms with van der Waals surface area (Å²) in [4.78, 5) is 0. The van der Waals surface area contributed by atoms with Gasteiger partial charge in [-0.25, -0.2) is 0 Å². The van der Waals surface area contributed by atoms with Crippen molar-refractivity contribution in [2.75, 3.05) is 27.9 Å². The summed E-state index contributed by atoms with van der Waals surface area (Å²) in [6.07, 6.45) is 13.9. The predicted molar refractivity (Wildman–Crippen MR) is 93.4 cm³/mol. The second-order valence-electron chi connectivity index (χ2n) is 6.68. The Hall–Kier alpha value is -0.160. The standard InChI is InChI=1S/C19H38O4/c1-5-6-7-8-9-10-12-17(19(20-2,21-3)22-4)13-11-16-23-18-14-15-18/h17-18H,5-16H2,1-4H3. The molecule has 4 nitrogen and oxygen atoms in total. The Morgan fingerprint density at radius 3 is 1.96 bits per heavy atom. The molecule has 1 aliphatic carbocycles. The molecular formula is C19H38O4. The SMILES string of the molecule is CCCCCCCCC(CCCOC1CC1)C(OC)(OC)OC. The van der Waals surface area contributed by atoms with Crippen LogP contribution in [-0.4, -0.2) is 40.0 Å². The van der Waals surface area contributed by atoms with Gasteiger partial charge in [-0.15, -0.1) is 0 Å². The van der Waals surface area contributed by atoms with Gasteiger partial charge in [0.1, 0.15) is 0 Å². The van der Waals surface area contributed by atoms with Crippen LogP contribution in [0, 0.1) is 5.92 Å². The number of rotatable bonds is 16. The van der Waals surface area contributed by atoms with Gasteiger partial charge in [0.25, 0.3) is 5.97 Å². The zero-order valence-electron chi connectivity index (χ0n) is 15.8.